The Hall–Kier alpha value is -6.81. The summed E-state index contributed by atoms with van der Waals surface area (Å²) in [6.45, 7) is 8.82. The Morgan fingerprint density at radius 3 is 1.70 bits per heavy atom. The summed E-state index contributed by atoms with van der Waals surface area (Å²) >= 11 is 0. The molecule has 1 aromatic carbocycles. The maximum atomic E-state index is 14.3. The van der Waals surface area contributed by atoms with Crippen molar-refractivity contribution in [2.45, 2.75) is 192 Å². The lowest BCUT2D eigenvalue weighted by atomic mass is 10.00. The standard InChI is InChI=1S/C53H91N15O12/c1-7-8-9-10-14-17-42(70)61-35(18-23-54)46(73)59-31(4)44(71)62-36(19-24-55)48(75)65-39-22-27-58-53(80)43(33(6)69)68-50(77)38(21-26-57)63-49(76)37(20-25-56)64-51(78)40(28-30(2)3)67-52(79)41(29-34-15-12-11-13-16-34)66-45(72)32(5)60-47(39)74/h11-13,15-16,30-33,35-41,43,69H,7-10,14,17-29,54-57H2,1-6H3,(H,58,80)(H,59,73)(H,60,74)(H,61,70)(H,62,71)(H,63,76)(H,64,78)(H,65,75)(H,66,72)(H,67,79)(H,68,77)/t31-,32-,33+,35-,36-,37-,38-,39-,40-,41+,43-/m0/s1. The summed E-state index contributed by atoms with van der Waals surface area (Å²) < 4.78 is 0. The molecular weight excluding hydrogens is 1040 g/mol. The topological polar surface area (TPSA) is 444 Å². The van der Waals surface area contributed by atoms with E-state index in [9.17, 15) is 57.8 Å². The molecule has 1 saturated heterocycles. The summed E-state index contributed by atoms with van der Waals surface area (Å²) in [5.74, 6) is -9.13. The number of aliphatic hydroxyl groups is 1. The van der Waals surface area contributed by atoms with Gasteiger partial charge in [0.15, 0.2) is 0 Å². The first-order valence-corrected chi connectivity index (χ1v) is 27.8. The van der Waals surface area contributed by atoms with Gasteiger partial charge in [-0.25, -0.2) is 0 Å². The predicted octanol–water partition coefficient (Wildman–Crippen LogP) is -4.18. The number of nitrogens with two attached hydrogens (primary N) is 4. The number of hydrogen-bond acceptors (Lipinski definition) is 16. The van der Waals surface area contributed by atoms with E-state index >= 15 is 0 Å². The molecule has 27 heteroatoms. The lowest BCUT2D eigenvalue weighted by Crippen LogP contribution is -2.61. The van der Waals surface area contributed by atoms with E-state index in [1.54, 1.807) is 44.2 Å². The lowest BCUT2D eigenvalue weighted by molar-refractivity contribution is -0.136. The van der Waals surface area contributed by atoms with Gasteiger partial charge in [0.25, 0.3) is 0 Å². The average Bonchev–Trinajstić information content (AvgIpc) is 3.40. The van der Waals surface area contributed by atoms with E-state index in [0.29, 0.717) is 12.0 Å². The second-order valence-electron chi connectivity index (χ2n) is 20.5. The number of carbonyl (C=O) groups excluding carboxylic acids is 11. The molecule has 0 saturated carbocycles. The summed E-state index contributed by atoms with van der Waals surface area (Å²) in [6, 6.07) is -5.06. The van der Waals surface area contributed by atoms with Gasteiger partial charge in [0.1, 0.15) is 60.4 Å². The van der Waals surface area contributed by atoms with Crippen molar-refractivity contribution < 1.29 is 57.8 Å². The van der Waals surface area contributed by atoms with Crippen LogP contribution in [0.1, 0.15) is 124 Å². The summed E-state index contributed by atoms with van der Waals surface area (Å²) in [5, 5.41) is 39.0. The van der Waals surface area contributed by atoms with E-state index in [1.165, 1.54) is 20.8 Å². The number of amides is 11. The van der Waals surface area contributed by atoms with Gasteiger partial charge in [0, 0.05) is 19.4 Å². The van der Waals surface area contributed by atoms with Gasteiger partial charge >= 0.3 is 0 Å². The third-order valence-electron chi connectivity index (χ3n) is 13.1. The van der Waals surface area contributed by atoms with Crippen LogP contribution >= 0.6 is 0 Å². The van der Waals surface area contributed by atoms with Crippen LogP contribution in [0.5, 0.6) is 0 Å². The molecule has 20 N–H and O–H groups in total. The molecule has 27 nitrogen and oxygen atoms in total. The highest BCUT2D eigenvalue weighted by atomic mass is 16.3. The van der Waals surface area contributed by atoms with E-state index in [0.717, 1.165) is 25.7 Å². The van der Waals surface area contributed by atoms with Crippen LogP contribution in [0, 0.1) is 5.92 Å². The molecule has 1 aliphatic rings. The molecule has 0 bridgehead atoms. The number of aliphatic hydroxyl groups excluding tert-OH is 1. The second-order valence-corrected chi connectivity index (χ2v) is 20.5. The summed E-state index contributed by atoms with van der Waals surface area (Å²) in [6.07, 6.45) is 2.45. The Kier molecular flexibility index (Phi) is 32.2. The molecule has 11 atom stereocenters. The maximum Gasteiger partial charge on any atom is 0.245 e. The minimum atomic E-state index is -1.65. The molecule has 1 heterocycles. The van der Waals surface area contributed by atoms with Gasteiger partial charge in [-0.05, 0) is 103 Å². The highest BCUT2D eigenvalue weighted by Gasteiger charge is 2.36. The fourth-order valence-corrected chi connectivity index (χ4v) is 8.48. The van der Waals surface area contributed by atoms with Gasteiger partial charge in [-0.3, -0.25) is 52.7 Å². The molecule has 1 fully saturated rings. The lowest BCUT2D eigenvalue weighted by Gasteiger charge is -2.28. The fraction of sp³-hybridized carbons (Fsp3) is 0.679. The highest BCUT2D eigenvalue weighted by molar-refractivity contribution is 5.99. The van der Waals surface area contributed by atoms with Gasteiger partial charge in [0.05, 0.1) is 6.10 Å². The van der Waals surface area contributed by atoms with Crippen LogP contribution < -0.4 is 81.4 Å². The minimum absolute atomic E-state index is 0.0487. The Balaban J connectivity index is 2.56. The molecule has 0 unspecified atom stereocenters. The second kappa shape index (κ2) is 37.2. The zero-order chi connectivity index (χ0) is 59.9. The zero-order valence-corrected chi connectivity index (χ0v) is 47.3. The number of unbranched alkanes of at least 4 members (excludes halogenated alkanes) is 4. The summed E-state index contributed by atoms with van der Waals surface area (Å²) in [4.78, 5) is 152. The van der Waals surface area contributed by atoms with E-state index in [-0.39, 0.29) is 82.9 Å². The highest BCUT2D eigenvalue weighted by Crippen LogP contribution is 2.11. The minimum Gasteiger partial charge on any atom is -0.391 e. The van der Waals surface area contributed by atoms with Crippen molar-refractivity contribution in [3.63, 3.8) is 0 Å². The first kappa shape index (κ1) is 69.3. The van der Waals surface area contributed by atoms with Gasteiger partial charge < -0.3 is 86.5 Å². The molecule has 1 aromatic rings. The third kappa shape index (κ3) is 25.1. The largest absolute Gasteiger partial charge is 0.391 e. The number of benzene rings is 1. The van der Waals surface area contributed by atoms with Gasteiger partial charge in [-0.15, -0.1) is 0 Å². The maximum absolute atomic E-state index is 14.3. The molecule has 11 amide bonds. The zero-order valence-electron chi connectivity index (χ0n) is 47.3. The van der Waals surface area contributed by atoms with Gasteiger partial charge in [0.2, 0.25) is 65.0 Å². The van der Waals surface area contributed by atoms with Crippen molar-refractivity contribution >= 4 is 65.0 Å². The molecule has 0 radical (unpaired) electrons. The first-order valence-electron chi connectivity index (χ1n) is 27.8. The van der Waals surface area contributed by atoms with Crippen LogP contribution in [0.2, 0.25) is 0 Å². The molecule has 0 aromatic heterocycles. The Morgan fingerprint density at radius 1 is 0.600 bits per heavy atom. The first-order chi connectivity index (χ1) is 38.0. The van der Waals surface area contributed by atoms with Gasteiger partial charge in [-0.1, -0.05) is 76.8 Å². The quantitative estimate of drug-likeness (QED) is 0.0391. The molecule has 450 valence electrons. The smallest absolute Gasteiger partial charge is 0.245 e. The molecule has 0 spiro atoms. The Labute approximate surface area is 469 Å². The van der Waals surface area contributed by atoms with Crippen molar-refractivity contribution in [1.82, 2.24) is 58.5 Å². The van der Waals surface area contributed by atoms with Crippen molar-refractivity contribution in [3.8, 4) is 0 Å². The number of carbonyl (C=O) groups is 11. The molecule has 1 aliphatic heterocycles. The van der Waals surface area contributed by atoms with E-state index < -0.39 is 139 Å². The Bertz CT molecular complexity index is 2190. The van der Waals surface area contributed by atoms with Crippen molar-refractivity contribution in [2.24, 2.45) is 28.9 Å². The van der Waals surface area contributed by atoms with Crippen LogP contribution in [-0.4, -0.2) is 169 Å². The van der Waals surface area contributed by atoms with E-state index in [2.05, 4.69) is 65.4 Å². The number of nitrogens with one attached hydrogen (secondary N) is 11. The van der Waals surface area contributed by atoms with Crippen molar-refractivity contribution in [2.75, 3.05) is 32.7 Å². The number of hydrogen-bond donors (Lipinski definition) is 16. The molecule has 80 heavy (non-hydrogen) atoms. The average molecular weight is 1130 g/mol. The summed E-state index contributed by atoms with van der Waals surface area (Å²) in [5.41, 5.74) is 23.9. The predicted molar refractivity (Wildman–Crippen MR) is 298 cm³/mol. The molecular formula is C53H91N15O12. The van der Waals surface area contributed by atoms with Crippen LogP contribution in [0.15, 0.2) is 30.3 Å². The van der Waals surface area contributed by atoms with Crippen LogP contribution in [0.4, 0.5) is 0 Å². The normalized spacial score (nSPS) is 22.8. The van der Waals surface area contributed by atoms with E-state index in [4.69, 9.17) is 22.9 Å². The van der Waals surface area contributed by atoms with Crippen LogP contribution in [0.3, 0.4) is 0 Å². The summed E-state index contributed by atoms with van der Waals surface area (Å²) in [7, 11) is 0. The van der Waals surface area contributed by atoms with Crippen molar-refractivity contribution in [1.29, 1.82) is 0 Å². The van der Waals surface area contributed by atoms with E-state index in [1.807, 2.05) is 0 Å². The SMILES string of the molecule is CCCCCCCC(=O)N[C@@H](CCN)C(=O)N[C@@H](C)C(=O)N[C@@H](CCN)C(=O)N[C@H]1CCNC(=O)[C@H]([C@@H](C)O)NC(=O)[C@H](CCN)NC(=O)[C@H](CCN)NC(=O)[C@H](CC(C)C)NC(=O)[C@@H](Cc2ccccc2)NC(=O)[C@H](C)NC1=O. The van der Waals surface area contributed by atoms with Crippen LogP contribution in [-0.2, 0) is 59.2 Å². The van der Waals surface area contributed by atoms with Crippen molar-refractivity contribution in [3.05, 3.63) is 35.9 Å². The molecule has 2 rings (SSSR count). The monoisotopic (exact) mass is 1130 g/mol. The van der Waals surface area contributed by atoms with Crippen LogP contribution in [0.25, 0.3) is 0 Å². The fourth-order valence-electron chi connectivity index (χ4n) is 8.48. The molecule has 0 aliphatic carbocycles. The Morgan fingerprint density at radius 2 is 1.14 bits per heavy atom. The third-order valence-corrected chi connectivity index (χ3v) is 13.1. The number of rotatable bonds is 26. The van der Waals surface area contributed by atoms with Gasteiger partial charge in [-0.2, -0.15) is 0 Å².